The highest BCUT2D eigenvalue weighted by molar-refractivity contribution is 9.10. The van der Waals surface area contributed by atoms with Crippen molar-refractivity contribution in [2.24, 2.45) is 5.92 Å². The lowest BCUT2D eigenvalue weighted by molar-refractivity contribution is 0.0946. The van der Waals surface area contributed by atoms with Gasteiger partial charge in [-0.05, 0) is 70.8 Å². The third-order valence-electron chi connectivity index (χ3n) is 5.34. The fraction of sp³-hybridized carbons (Fsp3) is 0.476. The molecule has 0 radical (unpaired) electrons. The summed E-state index contributed by atoms with van der Waals surface area (Å²) in [5.41, 5.74) is 3.88. The van der Waals surface area contributed by atoms with Crippen molar-refractivity contribution < 1.29 is 4.79 Å². The smallest absolute Gasteiger partial charge is 0.253 e. The lowest BCUT2D eigenvalue weighted by atomic mass is 10.1. The molecule has 0 bridgehead atoms. The molecule has 1 unspecified atom stereocenters. The standard InChI is InChI=1S/C21H28BrN3O/c1-14(2)24-9-8-17(13-24)12-23-21(26)20-10-15(3)25(16(20)4)19-7-5-6-18(22)11-19/h5-7,10-11,14,17H,8-9,12-13H2,1-4H3,(H,23,26). The first-order chi connectivity index (χ1) is 12.4. The van der Waals surface area contributed by atoms with Gasteiger partial charge in [0.05, 0.1) is 5.56 Å². The fourth-order valence-corrected chi connectivity index (χ4v) is 4.22. The van der Waals surface area contributed by atoms with Gasteiger partial charge in [-0.1, -0.05) is 22.0 Å². The maximum absolute atomic E-state index is 12.8. The topological polar surface area (TPSA) is 37.3 Å². The molecule has 5 heteroatoms. The van der Waals surface area contributed by atoms with Gasteiger partial charge in [0.1, 0.15) is 0 Å². The normalized spacial score (nSPS) is 17.8. The highest BCUT2D eigenvalue weighted by atomic mass is 79.9. The summed E-state index contributed by atoms with van der Waals surface area (Å²) in [5, 5.41) is 3.16. The lowest BCUT2D eigenvalue weighted by Gasteiger charge is -2.20. The van der Waals surface area contributed by atoms with Crippen LogP contribution in [0.3, 0.4) is 0 Å². The molecular formula is C21H28BrN3O. The number of carbonyl (C=O) groups excluding carboxylic acids is 1. The molecule has 3 rings (SSSR count). The van der Waals surface area contributed by atoms with E-state index < -0.39 is 0 Å². The number of hydrogen-bond acceptors (Lipinski definition) is 2. The van der Waals surface area contributed by atoms with Crippen LogP contribution in [0.1, 0.15) is 42.0 Å². The maximum Gasteiger partial charge on any atom is 0.253 e. The van der Waals surface area contributed by atoms with Crippen molar-refractivity contribution in [3.63, 3.8) is 0 Å². The molecule has 1 saturated heterocycles. The van der Waals surface area contributed by atoms with E-state index in [1.54, 1.807) is 0 Å². The molecule has 4 nitrogen and oxygen atoms in total. The molecule has 1 aliphatic heterocycles. The molecule has 1 atom stereocenters. The van der Waals surface area contributed by atoms with E-state index in [4.69, 9.17) is 0 Å². The number of aryl methyl sites for hydroxylation is 1. The van der Waals surface area contributed by atoms with E-state index in [9.17, 15) is 4.79 Å². The van der Waals surface area contributed by atoms with Gasteiger partial charge in [-0.2, -0.15) is 0 Å². The summed E-state index contributed by atoms with van der Waals surface area (Å²) in [6.45, 7) is 11.5. The van der Waals surface area contributed by atoms with Crippen LogP contribution in [0.4, 0.5) is 0 Å². The fourth-order valence-electron chi connectivity index (χ4n) is 3.84. The Balaban J connectivity index is 1.70. The Bertz CT molecular complexity index is 797. The molecule has 26 heavy (non-hydrogen) atoms. The zero-order valence-electron chi connectivity index (χ0n) is 16.1. The van der Waals surface area contributed by atoms with Gasteiger partial charge in [-0.25, -0.2) is 0 Å². The number of likely N-dealkylation sites (tertiary alicyclic amines) is 1. The van der Waals surface area contributed by atoms with E-state index in [2.05, 4.69) is 56.7 Å². The van der Waals surface area contributed by atoms with Crippen molar-refractivity contribution >= 4 is 21.8 Å². The summed E-state index contributed by atoms with van der Waals surface area (Å²) in [4.78, 5) is 15.2. The molecule has 1 N–H and O–H groups in total. The van der Waals surface area contributed by atoms with Crippen molar-refractivity contribution in [3.8, 4) is 5.69 Å². The van der Waals surface area contributed by atoms with Gasteiger partial charge in [-0.15, -0.1) is 0 Å². The lowest BCUT2D eigenvalue weighted by Crippen LogP contribution is -2.33. The molecule has 1 amide bonds. The van der Waals surface area contributed by atoms with Crippen LogP contribution < -0.4 is 5.32 Å². The zero-order valence-corrected chi connectivity index (χ0v) is 17.6. The van der Waals surface area contributed by atoms with Gasteiger partial charge in [0, 0.05) is 40.7 Å². The van der Waals surface area contributed by atoms with Crippen molar-refractivity contribution in [1.29, 1.82) is 0 Å². The van der Waals surface area contributed by atoms with Crippen LogP contribution in [0.15, 0.2) is 34.8 Å². The average molecular weight is 418 g/mol. The number of nitrogens with one attached hydrogen (secondary N) is 1. The van der Waals surface area contributed by atoms with Gasteiger partial charge in [0.2, 0.25) is 0 Å². The van der Waals surface area contributed by atoms with Gasteiger partial charge in [0.15, 0.2) is 0 Å². The highest BCUT2D eigenvalue weighted by Crippen LogP contribution is 2.23. The second kappa shape index (κ2) is 7.97. The Morgan fingerprint density at radius 1 is 1.31 bits per heavy atom. The first-order valence-corrected chi connectivity index (χ1v) is 10.1. The van der Waals surface area contributed by atoms with Gasteiger partial charge in [-0.3, -0.25) is 4.79 Å². The number of halogens is 1. The Morgan fingerprint density at radius 3 is 2.73 bits per heavy atom. The Hall–Kier alpha value is -1.59. The van der Waals surface area contributed by atoms with Crippen LogP contribution in [0, 0.1) is 19.8 Å². The quantitative estimate of drug-likeness (QED) is 0.786. The summed E-state index contributed by atoms with van der Waals surface area (Å²) in [5.74, 6) is 0.581. The number of rotatable bonds is 5. The minimum absolute atomic E-state index is 0.0299. The average Bonchev–Trinajstić information content (AvgIpc) is 3.17. The Kier molecular flexibility index (Phi) is 5.88. The number of carbonyl (C=O) groups is 1. The summed E-state index contributed by atoms with van der Waals surface area (Å²) >= 11 is 3.53. The van der Waals surface area contributed by atoms with Crippen LogP contribution in [-0.4, -0.2) is 41.1 Å². The SMILES string of the molecule is Cc1cc(C(=O)NCC2CCN(C(C)C)C2)c(C)n1-c1cccc(Br)c1. The molecule has 2 heterocycles. The Labute approximate surface area is 164 Å². The molecule has 1 aliphatic rings. The molecule has 0 saturated carbocycles. The van der Waals surface area contributed by atoms with E-state index in [1.165, 1.54) is 0 Å². The molecule has 140 valence electrons. The Morgan fingerprint density at radius 2 is 2.08 bits per heavy atom. The van der Waals surface area contributed by atoms with Crippen LogP contribution in [-0.2, 0) is 0 Å². The molecule has 1 fully saturated rings. The maximum atomic E-state index is 12.8. The first-order valence-electron chi connectivity index (χ1n) is 9.34. The molecule has 1 aromatic carbocycles. The number of hydrogen-bond donors (Lipinski definition) is 1. The zero-order chi connectivity index (χ0) is 18.8. The van der Waals surface area contributed by atoms with Crippen molar-refractivity contribution in [2.45, 2.75) is 40.2 Å². The first kappa shape index (κ1) is 19.2. The van der Waals surface area contributed by atoms with Gasteiger partial charge < -0.3 is 14.8 Å². The predicted octanol–water partition coefficient (Wildman–Crippen LogP) is 4.32. The van der Waals surface area contributed by atoms with Crippen LogP contribution in [0.2, 0.25) is 0 Å². The van der Waals surface area contributed by atoms with Crippen LogP contribution in [0.5, 0.6) is 0 Å². The van der Waals surface area contributed by atoms with E-state index in [1.807, 2.05) is 32.0 Å². The molecule has 1 aromatic heterocycles. The monoisotopic (exact) mass is 417 g/mol. The molecule has 0 aliphatic carbocycles. The molecular weight excluding hydrogens is 390 g/mol. The second-order valence-electron chi connectivity index (χ2n) is 7.55. The van der Waals surface area contributed by atoms with Gasteiger partial charge >= 0.3 is 0 Å². The predicted molar refractivity (Wildman–Crippen MR) is 110 cm³/mol. The third-order valence-corrected chi connectivity index (χ3v) is 5.83. The highest BCUT2D eigenvalue weighted by Gasteiger charge is 2.25. The summed E-state index contributed by atoms with van der Waals surface area (Å²) in [6, 6.07) is 10.7. The van der Waals surface area contributed by atoms with Crippen LogP contribution in [0.25, 0.3) is 5.69 Å². The summed E-state index contributed by atoms with van der Waals surface area (Å²) in [6.07, 6.45) is 1.16. The number of benzene rings is 1. The van der Waals surface area contributed by atoms with Crippen molar-refractivity contribution in [2.75, 3.05) is 19.6 Å². The van der Waals surface area contributed by atoms with Crippen LogP contribution >= 0.6 is 15.9 Å². The minimum atomic E-state index is 0.0299. The van der Waals surface area contributed by atoms with Crippen molar-refractivity contribution in [1.82, 2.24) is 14.8 Å². The molecule has 2 aromatic rings. The van der Waals surface area contributed by atoms with E-state index in [0.29, 0.717) is 12.0 Å². The number of amides is 1. The molecule has 0 spiro atoms. The number of aromatic nitrogens is 1. The van der Waals surface area contributed by atoms with Gasteiger partial charge in [0.25, 0.3) is 5.91 Å². The summed E-state index contributed by atoms with van der Waals surface area (Å²) in [7, 11) is 0. The largest absolute Gasteiger partial charge is 0.352 e. The third kappa shape index (κ3) is 4.04. The van der Waals surface area contributed by atoms with E-state index in [-0.39, 0.29) is 5.91 Å². The minimum Gasteiger partial charge on any atom is -0.352 e. The second-order valence-corrected chi connectivity index (χ2v) is 8.47. The van der Waals surface area contributed by atoms with Crippen molar-refractivity contribution in [3.05, 3.63) is 51.8 Å². The number of nitrogens with zero attached hydrogens (tertiary/aromatic N) is 2. The van der Waals surface area contributed by atoms with E-state index >= 15 is 0 Å². The summed E-state index contributed by atoms with van der Waals surface area (Å²) < 4.78 is 3.17. The van der Waals surface area contributed by atoms with E-state index in [0.717, 1.165) is 53.2 Å².